The number of aromatic nitrogens is 4. The molecule has 3 aromatic heterocycles. The highest BCUT2D eigenvalue weighted by Gasteiger charge is 2.15. The van der Waals surface area contributed by atoms with E-state index in [1.807, 2.05) is 18.2 Å². The van der Waals surface area contributed by atoms with Crippen LogP contribution in [0, 0.1) is 11.3 Å². The second kappa shape index (κ2) is 8.73. The van der Waals surface area contributed by atoms with E-state index in [1.54, 1.807) is 54.3 Å². The number of benzene rings is 1. The highest BCUT2D eigenvalue weighted by atomic mass is 19.1. The average Bonchev–Trinajstić information content (AvgIpc) is 3.19. The van der Waals surface area contributed by atoms with E-state index in [0.717, 1.165) is 5.69 Å². The number of nitrogens with zero attached hydrogens (tertiary/aromatic N) is 5. The van der Waals surface area contributed by atoms with Crippen molar-refractivity contribution in [2.45, 2.75) is 6.17 Å². The Morgan fingerprint density at radius 2 is 1.97 bits per heavy atom. The number of aryl methyl sites for hydroxylation is 1. The molecule has 1 atom stereocenters. The van der Waals surface area contributed by atoms with Gasteiger partial charge >= 0.3 is 0 Å². The lowest BCUT2D eigenvalue weighted by Crippen LogP contribution is -2.07. The molecule has 8 heteroatoms. The Balaban J connectivity index is 1.70. The minimum Gasteiger partial charge on any atom is -0.439 e. The summed E-state index contributed by atoms with van der Waals surface area (Å²) in [5.74, 6) is 0.908. The fourth-order valence-electron chi connectivity index (χ4n) is 3.07. The number of hydrogen-bond acceptors (Lipinski definition) is 6. The summed E-state index contributed by atoms with van der Waals surface area (Å²) in [6, 6.07) is 17.9. The summed E-state index contributed by atoms with van der Waals surface area (Å²) in [4.78, 5) is 8.67. The molecule has 0 aliphatic carbocycles. The van der Waals surface area contributed by atoms with Crippen LogP contribution in [0.2, 0.25) is 0 Å². The molecule has 7 nitrogen and oxygen atoms in total. The van der Waals surface area contributed by atoms with E-state index >= 15 is 0 Å². The predicted molar refractivity (Wildman–Crippen MR) is 114 cm³/mol. The van der Waals surface area contributed by atoms with Crippen molar-refractivity contribution in [3.05, 3.63) is 78.1 Å². The molecule has 2 N–H and O–H groups in total. The lowest BCUT2D eigenvalue weighted by molar-refractivity contribution is 0.352. The fourth-order valence-corrected chi connectivity index (χ4v) is 3.07. The van der Waals surface area contributed by atoms with E-state index in [4.69, 9.17) is 10.5 Å². The molecule has 0 fully saturated rings. The molecule has 154 valence electrons. The third-order valence-electron chi connectivity index (χ3n) is 4.72. The molecule has 4 aromatic rings. The van der Waals surface area contributed by atoms with Crippen LogP contribution in [0.3, 0.4) is 0 Å². The van der Waals surface area contributed by atoms with Crippen LogP contribution in [0.25, 0.3) is 22.6 Å². The first-order valence-corrected chi connectivity index (χ1v) is 9.57. The average molecular weight is 414 g/mol. The van der Waals surface area contributed by atoms with E-state index in [0.29, 0.717) is 39.7 Å². The number of pyridine rings is 2. The molecular formula is C23H19FN6O. The molecule has 0 saturated carbocycles. The van der Waals surface area contributed by atoms with Gasteiger partial charge in [0, 0.05) is 43.2 Å². The lowest BCUT2D eigenvalue weighted by Gasteiger charge is -2.12. The number of alkyl halides is 1. The zero-order valence-electron chi connectivity index (χ0n) is 16.7. The molecule has 0 spiro atoms. The van der Waals surface area contributed by atoms with Crippen molar-refractivity contribution in [2.75, 3.05) is 6.54 Å². The normalized spacial score (nSPS) is 11.7. The lowest BCUT2D eigenvalue weighted by atomic mass is 10.1. The summed E-state index contributed by atoms with van der Waals surface area (Å²) in [5.41, 5.74) is 8.86. The molecule has 4 rings (SSSR count). The topological polar surface area (TPSA) is 103 Å². The van der Waals surface area contributed by atoms with Gasteiger partial charge in [-0.25, -0.2) is 9.07 Å². The van der Waals surface area contributed by atoms with Crippen LogP contribution in [-0.4, -0.2) is 26.3 Å². The van der Waals surface area contributed by atoms with Crippen molar-refractivity contribution in [3.8, 4) is 40.3 Å². The first-order valence-electron chi connectivity index (χ1n) is 9.57. The fraction of sp³-hybridized carbons (Fsp3) is 0.130. The van der Waals surface area contributed by atoms with Crippen molar-refractivity contribution >= 4 is 0 Å². The second-order valence-electron chi connectivity index (χ2n) is 6.81. The standard InChI is InChI=1S/C23H19FN6O/c1-30-23(11-21(29-30)20-4-2-3-9-27-20)31-22-10-15(12-25)5-7-17(22)19-8-6-16(14-28-19)18(24)13-26/h2-11,14,18H,13,26H2,1H3/t18-/m0/s1. The number of halogens is 1. The van der Waals surface area contributed by atoms with Gasteiger partial charge in [0.2, 0.25) is 5.88 Å². The second-order valence-corrected chi connectivity index (χ2v) is 6.81. The maximum absolute atomic E-state index is 13.8. The van der Waals surface area contributed by atoms with Crippen LogP contribution in [0.5, 0.6) is 11.6 Å². The predicted octanol–water partition coefficient (Wildman–Crippen LogP) is 4.18. The van der Waals surface area contributed by atoms with E-state index < -0.39 is 6.17 Å². The van der Waals surface area contributed by atoms with Crippen molar-refractivity contribution in [1.82, 2.24) is 19.7 Å². The highest BCUT2D eigenvalue weighted by molar-refractivity contribution is 5.69. The molecule has 0 aliphatic rings. The number of ether oxygens (including phenoxy) is 1. The Morgan fingerprint density at radius 3 is 2.65 bits per heavy atom. The van der Waals surface area contributed by atoms with Gasteiger partial charge in [-0.3, -0.25) is 9.97 Å². The zero-order chi connectivity index (χ0) is 21.8. The molecule has 3 heterocycles. The molecule has 31 heavy (non-hydrogen) atoms. The van der Waals surface area contributed by atoms with Gasteiger partial charge < -0.3 is 10.5 Å². The van der Waals surface area contributed by atoms with Crippen molar-refractivity contribution in [1.29, 1.82) is 5.26 Å². The van der Waals surface area contributed by atoms with Gasteiger partial charge in [0.15, 0.2) is 0 Å². The number of hydrogen-bond donors (Lipinski definition) is 1. The molecule has 0 bridgehead atoms. The van der Waals surface area contributed by atoms with E-state index in [1.165, 1.54) is 6.20 Å². The number of nitriles is 1. The number of rotatable bonds is 6. The maximum atomic E-state index is 13.8. The van der Waals surface area contributed by atoms with Crippen molar-refractivity contribution < 1.29 is 9.13 Å². The third kappa shape index (κ3) is 4.27. The van der Waals surface area contributed by atoms with Gasteiger partial charge in [-0.2, -0.15) is 10.4 Å². The third-order valence-corrected chi connectivity index (χ3v) is 4.72. The minimum absolute atomic E-state index is 0.106. The van der Waals surface area contributed by atoms with E-state index in [9.17, 15) is 9.65 Å². The molecular weight excluding hydrogens is 395 g/mol. The number of nitrogens with two attached hydrogens (primary N) is 1. The largest absolute Gasteiger partial charge is 0.439 e. The van der Waals surface area contributed by atoms with Crippen LogP contribution in [0.15, 0.2) is 67.0 Å². The first-order chi connectivity index (χ1) is 15.1. The zero-order valence-corrected chi connectivity index (χ0v) is 16.7. The van der Waals surface area contributed by atoms with Crippen molar-refractivity contribution in [3.63, 3.8) is 0 Å². The Bertz CT molecular complexity index is 1230. The maximum Gasteiger partial charge on any atom is 0.218 e. The van der Waals surface area contributed by atoms with Gasteiger partial charge in [0.1, 0.15) is 17.6 Å². The van der Waals surface area contributed by atoms with Gasteiger partial charge in [-0.1, -0.05) is 12.1 Å². The Labute approximate surface area is 178 Å². The Morgan fingerprint density at radius 1 is 1.10 bits per heavy atom. The van der Waals surface area contributed by atoms with Gasteiger partial charge in [0.05, 0.1) is 23.0 Å². The van der Waals surface area contributed by atoms with E-state index in [2.05, 4.69) is 21.1 Å². The molecule has 0 aliphatic heterocycles. The summed E-state index contributed by atoms with van der Waals surface area (Å²) < 4.78 is 21.5. The van der Waals surface area contributed by atoms with Crippen LogP contribution < -0.4 is 10.5 Å². The summed E-state index contributed by atoms with van der Waals surface area (Å²) >= 11 is 0. The van der Waals surface area contributed by atoms with Crippen LogP contribution >= 0.6 is 0 Å². The SMILES string of the molecule is Cn1nc(-c2ccccn2)cc1Oc1cc(C#N)ccc1-c1ccc([C@@H](F)CN)cn1. The monoisotopic (exact) mass is 414 g/mol. The molecule has 0 unspecified atom stereocenters. The van der Waals surface area contributed by atoms with Gasteiger partial charge in [0.25, 0.3) is 0 Å². The van der Waals surface area contributed by atoms with Crippen molar-refractivity contribution in [2.24, 2.45) is 12.8 Å². The van der Waals surface area contributed by atoms with Crippen LogP contribution in [-0.2, 0) is 7.05 Å². The van der Waals surface area contributed by atoms with Crippen LogP contribution in [0.4, 0.5) is 4.39 Å². The minimum atomic E-state index is -1.27. The van der Waals surface area contributed by atoms with E-state index in [-0.39, 0.29) is 6.54 Å². The smallest absolute Gasteiger partial charge is 0.218 e. The summed E-state index contributed by atoms with van der Waals surface area (Å²) in [6.07, 6.45) is 1.89. The quantitative estimate of drug-likeness (QED) is 0.508. The molecule has 1 aromatic carbocycles. The molecule has 0 saturated heterocycles. The van der Waals surface area contributed by atoms with Gasteiger partial charge in [-0.05, 0) is 36.4 Å². The Hall–Kier alpha value is -4.09. The highest BCUT2D eigenvalue weighted by Crippen LogP contribution is 2.34. The summed E-state index contributed by atoms with van der Waals surface area (Å²) in [5, 5.41) is 13.8. The molecule has 0 amide bonds. The van der Waals surface area contributed by atoms with Gasteiger partial charge in [-0.15, -0.1) is 0 Å². The summed E-state index contributed by atoms with van der Waals surface area (Å²) in [7, 11) is 1.76. The first kappa shape index (κ1) is 20.2. The Kier molecular flexibility index (Phi) is 5.69. The molecule has 0 radical (unpaired) electrons. The van der Waals surface area contributed by atoms with Crippen LogP contribution in [0.1, 0.15) is 17.3 Å². The summed E-state index contributed by atoms with van der Waals surface area (Å²) in [6.45, 7) is -0.106.